The maximum atomic E-state index is 5.85. The molecule has 13 heavy (non-hydrogen) atoms. The Balaban J connectivity index is 2.07. The zero-order valence-corrected chi connectivity index (χ0v) is 10.2. The molecule has 0 radical (unpaired) electrons. The van der Waals surface area contributed by atoms with Crippen molar-refractivity contribution in [1.29, 1.82) is 0 Å². The quantitative estimate of drug-likeness (QED) is 0.560. The van der Waals surface area contributed by atoms with Crippen LogP contribution >= 0.6 is 22.6 Å². The van der Waals surface area contributed by atoms with Gasteiger partial charge in [0.05, 0.1) is 3.92 Å². The summed E-state index contributed by atoms with van der Waals surface area (Å²) >= 11 is 2.50. The molecule has 0 N–H and O–H groups in total. The Hall–Kier alpha value is 0.0100. The van der Waals surface area contributed by atoms with Crippen LogP contribution in [0.2, 0.25) is 0 Å². The second-order valence-corrected chi connectivity index (χ2v) is 5.28. The summed E-state index contributed by atoms with van der Waals surface area (Å²) in [6.45, 7) is 4.42. The highest BCUT2D eigenvalue weighted by molar-refractivity contribution is 14.1. The van der Waals surface area contributed by atoms with E-state index in [4.69, 9.17) is 4.74 Å². The summed E-state index contributed by atoms with van der Waals surface area (Å²) in [5.74, 6) is 2.55. The van der Waals surface area contributed by atoms with Crippen LogP contribution in [0.4, 0.5) is 0 Å². The van der Waals surface area contributed by atoms with Gasteiger partial charge >= 0.3 is 0 Å². The highest BCUT2D eigenvalue weighted by Crippen LogP contribution is 2.48. The number of ether oxygens (including phenoxy) is 1. The third kappa shape index (κ3) is 1.53. The molecule has 2 aliphatic heterocycles. The molecule has 0 spiro atoms. The van der Waals surface area contributed by atoms with Crippen molar-refractivity contribution in [2.24, 2.45) is 11.8 Å². The van der Waals surface area contributed by atoms with E-state index in [-0.39, 0.29) is 0 Å². The van der Waals surface area contributed by atoms with E-state index >= 15 is 0 Å². The summed E-state index contributed by atoms with van der Waals surface area (Å²) in [6, 6.07) is 0. The Kier molecular flexibility index (Phi) is 2.67. The number of allylic oxidation sites excluding steroid dienone is 3. The van der Waals surface area contributed by atoms with E-state index in [9.17, 15) is 0 Å². The molecular weight excluding hydrogens is 275 g/mol. The molecule has 0 aromatic carbocycles. The lowest BCUT2D eigenvalue weighted by atomic mass is 9.70. The average Bonchev–Trinajstić information content (AvgIpc) is 2.17. The Bertz CT molecular complexity index is 247. The van der Waals surface area contributed by atoms with Crippen molar-refractivity contribution >= 4 is 22.6 Å². The van der Waals surface area contributed by atoms with Crippen LogP contribution in [0.25, 0.3) is 0 Å². The predicted octanol–water partition coefficient (Wildman–Crippen LogP) is 3.30. The number of alkyl halides is 1. The lowest BCUT2D eigenvalue weighted by molar-refractivity contribution is -0.0342. The molecule has 4 unspecified atom stereocenters. The van der Waals surface area contributed by atoms with Crippen LogP contribution < -0.4 is 0 Å². The first-order valence-corrected chi connectivity index (χ1v) is 6.17. The molecule has 1 nitrogen and oxygen atoms in total. The van der Waals surface area contributed by atoms with Gasteiger partial charge in [0.25, 0.3) is 0 Å². The Morgan fingerprint density at radius 3 is 2.85 bits per heavy atom. The minimum atomic E-state index is 0.465. The lowest BCUT2D eigenvalue weighted by Gasteiger charge is -2.50. The van der Waals surface area contributed by atoms with Crippen LogP contribution in [-0.2, 0) is 4.74 Å². The van der Waals surface area contributed by atoms with Crippen LogP contribution in [0, 0.1) is 11.8 Å². The van der Waals surface area contributed by atoms with Gasteiger partial charge in [-0.1, -0.05) is 42.5 Å². The van der Waals surface area contributed by atoms with Gasteiger partial charge in [0.1, 0.15) is 11.9 Å². The average molecular weight is 290 g/mol. The normalized spacial score (nSPS) is 42.5. The summed E-state index contributed by atoms with van der Waals surface area (Å²) in [7, 11) is 0. The van der Waals surface area contributed by atoms with Crippen molar-refractivity contribution in [2.45, 2.75) is 30.3 Å². The molecule has 1 saturated carbocycles. The third-order valence-corrected chi connectivity index (χ3v) is 4.49. The molecule has 3 aliphatic rings. The monoisotopic (exact) mass is 290 g/mol. The molecule has 1 aliphatic carbocycles. The standard InChI is InChI=1S/C11H15IO/c1-3-4-5-8-6-9-7(2)11(13-8)10(9)12/h4-7,9-11H,3H2,1-2H3/b5-4+. The second kappa shape index (κ2) is 3.64. The van der Waals surface area contributed by atoms with Gasteiger partial charge in [0.15, 0.2) is 0 Å². The molecule has 0 aromatic rings. The fourth-order valence-corrected chi connectivity index (χ4v) is 3.67. The summed E-state index contributed by atoms with van der Waals surface area (Å²) in [5, 5.41) is 0. The first-order valence-electron chi connectivity index (χ1n) is 4.93. The molecule has 3 rings (SSSR count). The zero-order chi connectivity index (χ0) is 9.42. The Morgan fingerprint density at radius 1 is 1.62 bits per heavy atom. The number of rotatable bonds is 2. The minimum Gasteiger partial charge on any atom is -0.489 e. The molecule has 0 saturated heterocycles. The first kappa shape index (κ1) is 9.56. The van der Waals surface area contributed by atoms with Crippen molar-refractivity contribution in [3.63, 3.8) is 0 Å². The largest absolute Gasteiger partial charge is 0.489 e. The predicted molar refractivity (Wildman–Crippen MR) is 62.8 cm³/mol. The van der Waals surface area contributed by atoms with Crippen molar-refractivity contribution in [2.75, 3.05) is 0 Å². The van der Waals surface area contributed by atoms with Gasteiger partial charge in [-0.25, -0.2) is 0 Å². The summed E-state index contributed by atoms with van der Waals surface area (Å²) in [4.78, 5) is 0. The van der Waals surface area contributed by atoms with Crippen LogP contribution in [0.5, 0.6) is 0 Å². The second-order valence-electron chi connectivity index (χ2n) is 3.84. The van der Waals surface area contributed by atoms with E-state index in [1.807, 2.05) is 0 Å². The topological polar surface area (TPSA) is 9.23 Å². The van der Waals surface area contributed by atoms with Crippen molar-refractivity contribution in [3.05, 3.63) is 24.0 Å². The van der Waals surface area contributed by atoms with Crippen molar-refractivity contribution < 1.29 is 4.74 Å². The van der Waals surface area contributed by atoms with Gasteiger partial charge in [-0.15, -0.1) is 0 Å². The molecule has 0 amide bonds. The van der Waals surface area contributed by atoms with E-state index in [1.54, 1.807) is 0 Å². The molecule has 2 bridgehead atoms. The zero-order valence-electron chi connectivity index (χ0n) is 8.03. The molecule has 72 valence electrons. The molecule has 2 heteroatoms. The van der Waals surface area contributed by atoms with Crippen molar-refractivity contribution in [3.8, 4) is 0 Å². The Morgan fingerprint density at radius 2 is 2.38 bits per heavy atom. The minimum absolute atomic E-state index is 0.465. The van der Waals surface area contributed by atoms with Crippen LogP contribution in [0.15, 0.2) is 24.0 Å². The summed E-state index contributed by atoms with van der Waals surface area (Å²) < 4.78 is 6.55. The molecular formula is C11H15IO. The first-order chi connectivity index (χ1) is 6.24. The maximum Gasteiger partial charge on any atom is 0.115 e. The van der Waals surface area contributed by atoms with Crippen molar-refractivity contribution in [1.82, 2.24) is 0 Å². The van der Waals surface area contributed by atoms with E-state index < -0.39 is 0 Å². The van der Waals surface area contributed by atoms with Gasteiger partial charge in [-0.3, -0.25) is 0 Å². The number of hydrogen-bond donors (Lipinski definition) is 0. The highest BCUT2D eigenvalue weighted by atomic mass is 127. The third-order valence-electron chi connectivity index (χ3n) is 2.95. The molecule has 2 heterocycles. The number of hydrogen-bond acceptors (Lipinski definition) is 1. The highest BCUT2D eigenvalue weighted by Gasteiger charge is 2.50. The maximum absolute atomic E-state index is 5.85. The molecule has 0 aromatic heterocycles. The smallest absolute Gasteiger partial charge is 0.115 e. The van der Waals surface area contributed by atoms with Crippen LogP contribution in [-0.4, -0.2) is 10.0 Å². The van der Waals surface area contributed by atoms with E-state index in [1.165, 1.54) is 0 Å². The number of fused-ring (bicyclic) bond motifs is 1. The summed E-state index contributed by atoms with van der Waals surface area (Å²) in [6.07, 6.45) is 8.09. The molecule has 1 fully saturated rings. The summed E-state index contributed by atoms with van der Waals surface area (Å²) in [5.41, 5.74) is 0. The number of halogens is 1. The van der Waals surface area contributed by atoms with Gasteiger partial charge < -0.3 is 4.74 Å². The van der Waals surface area contributed by atoms with Gasteiger partial charge in [-0.05, 0) is 18.6 Å². The molecule has 4 atom stereocenters. The van der Waals surface area contributed by atoms with Crippen LogP contribution in [0.3, 0.4) is 0 Å². The van der Waals surface area contributed by atoms with E-state index in [2.05, 4.69) is 54.7 Å². The van der Waals surface area contributed by atoms with Gasteiger partial charge in [0.2, 0.25) is 0 Å². The van der Waals surface area contributed by atoms with E-state index in [0.717, 1.165) is 24.0 Å². The van der Waals surface area contributed by atoms with Gasteiger partial charge in [0, 0.05) is 11.8 Å². The fraction of sp³-hybridized carbons (Fsp3) is 0.636. The van der Waals surface area contributed by atoms with Gasteiger partial charge in [-0.2, -0.15) is 0 Å². The van der Waals surface area contributed by atoms with E-state index in [0.29, 0.717) is 10.0 Å². The van der Waals surface area contributed by atoms with Crippen LogP contribution in [0.1, 0.15) is 20.3 Å². The fourth-order valence-electron chi connectivity index (χ4n) is 2.00. The SMILES string of the molecule is CC/C=C/C1=CC2C(C)C(O1)C2I. The Labute approximate surface area is 93.4 Å². The lowest BCUT2D eigenvalue weighted by Crippen LogP contribution is -2.54.